The van der Waals surface area contributed by atoms with Gasteiger partial charge in [-0.25, -0.2) is 4.39 Å². The molecule has 2 aromatic carbocycles. The van der Waals surface area contributed by atoms with Gasteiger partial charge in [0.2, 0.25) is 5.91 Å². The van der Waals surface area contributed by atoms with Crippen molar-refractivity contribution >= 4 is 29.3 Å². The molecule has 0 aromatic heterocycles. The van der Waals surface area contributed by atoms with Crippen molar-refractivity contribution in [3.05, 3.63) is 59.9 Å². The van der Waals surface area contributed by atoms with Crippen LogP contribution < -0.4 is 10.2 Å². The van der Waals surface area contributed by atoms with Crippen LogP contribution in [-0.4, -0.2) is 55.2 Å². The highest BCUT2D eigenvalue weighted by Gasteiger charge is 2.25. The summed E-state index contributed by atoms with van der Waals surface area (Å²) in [6.45, 7) is 5.23. The molecule has 0 spiro atoms. The molecular formula is C21H25FN3O2S+. The van der Waals surface area contributed by atoms with Crippen molar-refractivity contribution < 1.29 is 18.9 Å². The lowest BCUT2D eigenvalue weighted by Gasteiger charge is -2.31. The molecule has 1 aliphatic heterocycles. The molecule has 2 aromatic rings. The number of carbonyl (C=O) groups excluding carboxylic acids is 2. The van der Waals surface area contributed by atoms with Crippen LogP contribution in [0.15, 0.2) is 53.4 Å². The van der Waals surface area contributed by atoms with Gasteiger partial charge in [0.25, 0.3) is 5.91 Å². The van der Waals surface area contributed by atoms with Crippen molar-refractivity contribution in [2.45, 2.75) is 11.8 Å². The zero-order valence-electron chi connectivity index (χ0n) is 15.9. The number of halogens is 1. The van der Waals surface area contributed by atoms with Gasteiger partial charge in [0.1, 0.15) is 5.82 Å². The fourth-order valence-corrected chi connectivity index (χ4v) is 3.89. The number of carbonyl (C=O) groups is 2. The van der Waals surface area contributed by atoms with Crippen LogP contribution in [0.5, 0.6) is 0 Å². The van der Waals surface area contributed by atoms with E-state index >= 15 is 0 Å². The van der Waals surface area contributed by atoms with E-state index in [1.807, 2.05) is 36.1 Å². The Morgan fingerprint density at radius 1 is 1.07 bits per heavy atom. The van der Waals surface area contributed by atoms with Crippen molar-refractivity contribution in [2.75, 3.05) is 43.8 Å². The van der Waals surface area contributed by atoms with Gasteiger partial charge in [0.05, 0.1) is 31.9 Å². The van der Waals surface area contributed by atoms with E-state index in [1.165, 1.54) is 28.8 Å². The smallest absolute Gasteiger partial charge is 0.279 e. The Bertz CT molecular complexity index is 803. The van der Waals surface area contributed by atoms with Gasteiger partial charge in [0.15, 0.2) is 6.54 Å². The standard InChI is InChI=1S/C21H24FN3O2S/c1-16-2-6-18(7-3-16)23-20(26)14-24-10-12-25(13-11-24)21(27)15-28-19-8-4-17(22)5-9-19/h2-9H,10-15H2,1H3,(H,23,26)/p+1. The number of hydrogen-bond acceptors (Lipinski definition) is 3. The Kier molecular flexibility index (Phi) is 7.06. The minimum Gasteiger partial charge on any atom is -0.331 e. The van der Waals surface area contributed by atoms with Gasteiger partial charge in [0, 0.05) is 10.6 Å². The predicted molar refractivity (Wildman–Crippen MR) is 109 cm³/mol. The quantitative estimate of drug-likeness (QED) is 0.722. The van der Waals surface area contributed by atoms with Gasteiger partial charge in [-0.15, -0.1) is 11.8 Å². The Morgan fingerprint density at radius 3 is 2.36 bits per heavy atom. The fraction of sp³-hybridized carbons (Fsp3) is 0.333. The molecule has 1 saturated heterocycles. The summed E-state index contributed by atoms with van der Waals surface area (Å²) in [4.78, 5) is 28.5. The summed E-state index contributed by atoms with van der Waals surface area (Å²) in [5.41, 5.74) is 1.96. The second-order valence-electron chi connectivity index (χ2n) is 6.96. The third-order valence-electron chi connectivity index (χ3n) is 4.75. The molecule has 2 N–H and O–H groups in total. The third-order valence-corrected chi connectivity index (χ3v) is 5.74. The summed E-state index contributed by atoms with van der Waals surface area (Å²) in [7, 11) is 0. The number of piperazine rings is 1. The van der Waals surface area contributed by atoms with Crippen LogP contribution in [0.25, 0.3) is 0 Å². The molecular weight excluding hydrogens is 377 g/mol. The van der Waals surface area contributed by atoms with E-state index in [-0.39, 0.29) is 17.6 Å². The van der Waals surface area contributed by atoms with Crippen molar-refractivity contribution in [1.29, 1.82) is 0 Å². The van der Waals surface area contributed by atoms with Crippen LogP contribution in [0.4, 0.5) is 10.1 Å². The molecule has 0 atom stereocenters. The van der Waals surface area contributed by atoms with Crippen molar-refractivity contribution in [3.63, 3.8) is 0 Å². The summed E-state index contributed by atoms with van der Waals surface area (Å²) < 4.78 is 12.9. The van der Waals surface area contributed by atoms with Crippen LogP contribution in [0.3, 0.4) is 0 Å². The molecule has 3 rings (SSSR count). The highest BCUT2D eigenvalue weighted by molar-refractivity contribution is 8.00. The molecule has 1 fully saturated rings. The monoisotopic (exact) mass is 402 g/mol. The lowest BCUT2D eigenvalue weighted by Crippen LogP contribution is -3.15. The van der Waals surface area contributed by atoms with E-state index < -0.39 is 0 Å². The predicted octanol–water partition coefficient (Wildman–Crippen LogP) is 1.59. The fourth-order valence-electron chi connectivity index (χ4n) is 3.09. The average molecular weight is 403 g/mol. The molecule has 2 amide bonds. The molecule has 7 heteroatoms. The van der Waals surface area contributed by atoms with Gasteiger partial charge < -0.3 is 15.1 Å². The number of rotatable bonds is 6. The second kappa shape index (κ2) is 9.71. The average Bonchev–Trinajstić information content (AvgIpc) is 2.69. The molecule has 0 aliphatic carbocycles. The summed E-state index contributed by atoms with van der Waals surface area (Å²) in [5, 5.41) is 2.92. The lowest BCUT2D eigenvalue weighted by atomic mass is 10.2. The minimum absolute atomic E-state index is 0.00880. The lowest BCUT2D eigenvalue weighted by molar-refractivity contribution is -0.895. The highest BCUT2D eigenvalue weighted by Crippen LogP contribution is 2.18. The molecule has 0 bridgehead atoms. The number of anilines is 1. The second-order valence-corrected chi connectivity index (χ2v) is 8.01. The Morgan fingerprint density at radius 2 is 1.71 bits per heavy atom. The molecule has 0 saturated carbocycles. The van der Waals surface area contributed by atoms with E-state index in [4.69, 9.17) is 0 Å². The van der Waals surface area contributed by atoms with Gasteiger partial charge in [-0.2, -0.15) is 0 Å². The van der Waals surface area contributed by atoms with Gasteiger partial charge in [-0.05, 0) is 43.3 Å². The first-order valence-electron chi connectivity index (χ1n) is 9.36. The summed E-state index contributed by atoms with van der Waals surface area (Å²) in [5.74, 6) is 0.138. The van der Waals surface area contributed by atoms with Gasteiger partial charge in [-0.1, -0.05) is 17.7 Å². The van der Waals surface area contributed by atoms with Gasteiger partial charge in [-0.3, -0.25) is 9.59 Å². The molecule has 1 aliphatic rings. The highest BCUT2D eigenvalue weighted by atomic mass is 32.2. The van der Waals surface area contributed by atoms with E-state index in [2.05, 4.69) is 5.32 Å². The number of aryl methyl sites for hydroxylation is 1. The van der Waals surface area contributed by atoms with Gasteiger partial charge >= 0.3 is 0 Å². The molecule has 0 unspecified atom stereocenters. The van der Waals surface area contributed by atoms with Crippen LogP contribution >= 0.6 is 11.8 Å². The number of thioether (sulfide) groups is 1. The normalized spacial score (nSPS) is 14.7. The number of benzene rings is 2. The SMILES string of the molecule is Cc1ccc(NC(=O)C[NH+]2CCN(C(=O)CSc3ccc(F)cc3)CC2)cc1. The number of nitrogens with zero attached hydrogens (tertiary/aromatic N) is 1. The number of hydrogen-bond donors (Lipinski definition) is 2. The molecule has 1 heterocycles. The Labute approximate surface area is 168 Å². The van der Waals surface area contributed by atoms with Crippen LogP contribution in [0.1, 0.15) is 5.56 Å². The topological polar surface area (TPSA) is 53.9 Å². The van der Waals surface area contributed by atoms with E-state index in [9.17, 15) is 14.0 Å². The number of nitrogens with one attached hydrogen (secondary N) is 2. The maximum Gasteiger partial charge on any atom is 0.279 e. The molecule has 5 nitrogen and oxygen atoms in total. The van der Waals surface area contributed by atoms with Crippen molar-refractivity contribution in [1.82, 2.24) is 4.90 Å². The first kappa shape index (κ1) is 20.4. The Hall–Kier alpha value is -2.38. The molecule has 0 radical (unpaired) electrons. The molecule has 28 heavy (non-hydrogen) atoms. The largest absolute Gasteiger partial charge is 0.331 e. The third kappa shape index (κ3) is 6.07. The maximum absolute atomic E-state index is 12.9. The van der Waals surface area contributed by atoms with Crippen molar-refractivity contribution in [2.24, 2.45) is 0 Å². The minimum atomic E-state index is -0.277. The summed E-state index contributed by atoms with van der Waals surface area (Å²) in [6, 6.07) is 13.9. The first-order chi connectivity index (χ1) is 13.5. The number of amides is 2. The number of quaternary nitrogens is 1. The zero-order valence-corrected chi connectivity index (χ0v) is 16.7. The van der Waals surface area contributed by atoms with E-state index in [0.29, 0.717) is 25.4 Å². The summed E-state index contributed by atoms with van der Waals surface area (Å²) in [6.07, 6.45) is 0. The Balaban J connectivity index is 1.38. The first-order valence-corrected chi connectivity index (χ1v) is 10.3. The maximum atomic E-state index is 12.9. The van der Waals surface area contributed by atoms with Crippen LogP contribution in [-0.2, 0) is 9.59 Å². The van der Waals surface area contributed by atoms with E-state index in [1.54, 1.807) is 12.1 Å². The van der Waals surface area contributed by atoms with Crippen LogP contribution in [0.2, 0.25) is 0 Å². The molecule has 148 valence electrons. The van der Waals surface area contributed by atoms with E-state index in [0.717, 1.165) is 29.2 Å². The van der Waals surface area contributed by atoms with Crippen molar-refractivity contribution in [3.8, 4) is 0 Å². The summed E-state index contributed by atoms with van der Waals surface area (Å²) >= 11 is 1.42. The zero-order chi connectivity index (χ0) is 19.9. The van der Waals surface area contributed by atoms with Crippen LogP contribution in [0, 0.1) is 12.7 Å².